The van der Waals surface area contributed by atoms with Crippen LogP contribution >= 0.6 is 0 Å². The Balaban J connectivity index is 1.47. The van der Waals surface area contributed by atoms with Crippen LogP contribution in [0.1, 0.15) is 23.6 Å². The molecule has 0 unspecified atom stereocenters. The predicted octanol–water partition coefficient (Wildman–Crippen LogP) is 2.93. The standard InChI is InChI=1S/C18H19N3O3/c1-13-15(21-18(24-13)16-8-5-11-23-16)12-17(22)20-10-4-7-14-6-2-3-9-19-14/h2-3,5-6,8-9,11H,4,7,10,12H2,1H3,(H,20,22). The summed E-state index contributed by atoms with van der Waals surface area (Å²) in [5, 5.41) is 2.90. The molecule has 0 fully saturated rings. The molecule has 24 heavy (non-hydrogen) atoms. The summed E-state index contributed by atoms with van der Waals surface area (Å²) < 4.78 is 10.8. The number of nitrogens with zero attached hydrogens (tertiary/aromatic N) is 2. The minimum Gasteiger partial charge on any atom is -0.459 e. The van der Waals surface area contributed by atoms with Gasteiger partial charge in [-0.2, -0.15) is 0 Å². The van der Waals surface area contributed by atoms with Crippen molar-refractivity contribution >= 4 is 5.91 Å². The number of rotatable bonds is 7. The number of aryl methyl sites for hydroxylation is 2. The Kier molecular flexibility index (Phi) is 5.05. The Morgan fingerprint density at radius 2 is 2.17 bits per heavy atom. The molecule has 3 heterocycles. The van der Waals surface area contributed by atoms with Gasteiger partial charge in [0.15, 0.2) is 5.76 Å². The molecule has 3 rings (SSSR count). The zero-order valence-corrected chi connectivity index (χ0v) is 13.5. The maximum absolute atomic E-state index is 12.0. The molecule has 3 aromatic heterocycles. The van der Waals surface area contributed by atoms with Crippen LogP contribution in [0.25, 0.3) is 11.7 Å². The van der Waals surface area contributed by atoms with Crippen LogP contribution in [0.5, 0.6) is 0 Å². The first kappa shape index (κ1) is 16.0. The summed E-state index contributed by atoms with van der Waals surface area (Å²) in [7, 11) is 0. The van der Waals surface area contributed by atoms with Crippen LogP contribution in [-0.4, -0.2) is 22.4 Å². The van der Waals surface area contributed by atoms with E-state index < -0.39 is 0 Å². The van der Waals surface area contributed by atoms with Crippen molar-refractivity contribution in [3.8, 4) is 11.7 Å². The fourth-order valence-corrected chi connectivity index (χ4v) is 2.36. The lowest BCUT2D eigenvalue weighted by molar-refractivity contribution is -0.120. The van der Waals surface area contributed by atoms with Crippen LogP contribution in [0.4, 0.5) is 0 Å². The van der Waals surface area contributed by atoms with Gasteiger partial charge in [0.2, 0.25) is 5.91 Å². The predicted molar refractivity (Wildman–Crippen MR) is 88.2 cm³/mol. The average Bonchev–Trinajstić information content (AvgIpc) is 3.23. The van der Waals surface area contributed by atoms with E-state index in [0.29, 0.717) is 29.6 Å². The first-order valence-corrected chi connectivity index (χ1v) is 7.89. The zero-order valence-electron chi connectivity index (χ0n) is 13.5. The lowest BCUT2D eigenvalue weighted by Crippen LogP contribution is -2.26. The molecule has 0 aromatic carbocycles. The molecule has 124 valence electrons. The molecule has 0 spiro atoms. The molecule has 1 N–H and O–H groups in total. The van der Waals surface area contributed by atoms with Gasteiger partial charge < -0.3 is 14.2 Å². The number of carbonyl (C=O) groups is 1. The van der Waals surface area contributed by atoms with Gasteiger partial charge in [-0.05, 0) is 44.0 Å². The third kappa shape index (κ3) is 4.10. The molecule has 0 bridgehead atoms. The van der Waals surface area contributed by atoms with Crippen LogP contribution in [-0.2, 0) is 17.6 Å². The van der Waals surface area contributed by atoms with Crippen LogP contribution in [0.3, 0.4) is 0 Å². The van der Waals surface area contributed by atoms with Crippen molar-refractivity contribution in [2.24, 2.45) is 0 Å². The third-order valence-corrected chi connectivity index (χ3v) is 3.61. The van der Waals surface area contributed by atoms with Crippen LogP contribution in [0.2, 0.25) is 0 Å². The van der Waals surface area contributed by atoms with Gasteiger partial charge in [-0.25, -0.2) is 4.98 Å². The van der Waals surface area contributed by atoms with Crippen molar-refractivity contribution < 1.29 is 13.6 Å². The Morgan fingerprint density at radius 3 is 2.92 bits per heavy atom. The van der Waals surface area contributed by atoms with E-state index in [-0.39, 0.29) is 12.3 Å². The molecule has 6 nitrogen and oxygen atoms in total. The quantitative estimate of drug-likeness (QED) is 0.676. The molecule has 0 saturated carbocycles. The summed E-state index contributed by atoms with van der Waals surface area (Å²) in [6.07, 6.45) is 5.21. The van der Waals surface area contributed by atoms with Crippen LogP contribution < -0.4 is 5.32 Å². The van der Waals surface area contributed by atoms with Gasteiger partial charge in [0.25, 0.3) is 5.89 Å². The van der Waals surface area contributed by atoms with Gasteiger partial charge in [0.1, 0.15) is 5.76 Å². The molecule has 1 amide bonds. The molecule has 0 atom stereocenters. The number of amides is 1. The number of oxazole rings is 1. The van der Waals surface area contributed by atoms with Crippen molar-refractivity contribution in [3.63, 3.8) is 0 Å². The van der Waals surface area contributed by atoms with Crippen molar-refractivity contribution in [2.75, 3.05) is 6.54 Å². The zero-order chi connectivity index (χ0) is 16.8. The lowest BCUT2D eigenvalue weighted by Gasteiger charge is -2.04. The van der Waals surface area contributed by atoms with E-state index in [1.165, 1.54) is 0 Å². The Hall–Kier alpha value is -2.89. The van der Waals surface area contributed by atoms with E-state index in [0.717, 1.165) is 18.5 Å². The maximum atomic E-state index is 12.0. The summed E-state index contributed by atoms with van der Waals surface area (Å²) in [4.78, 5) is 20.6. The Morgan fingerprint density at radius 1 is 1.25 bits per heavy atom. The van der Waals surface area contributed by atoms with Gasteiger partial charge in [-0.3, -0.25) is 9.78 Å². The SMILES string of the molecule is Cc1oc(-c2ccco2)nc1CC(=O)NCCCc1ccccn1. The van der Waals surface area contributed by atoms with Gasteiger partial charge in [-0.15, -0.1) is 0 Å². The van der Waals surface area contributed by atoms with E-state index in [9.17, 15) is 4.79 Å². The van der Waals surface area contributed by atoms with Crippen molar-refractivity contribution in [1.82, 2.24) is 15.3 Å². The summed E-state index contributed by atoms with van der Waals surface area (Å²) in [5.41, 5.74) is 1.66. The lowest BCUT2D eigenvalue weighted by atomic mass is 10.2. The Bertz CT molecular complexity index is 779. The van der Waals surface area contributed by atoms with E-state index in [1.807, 2.05) is 18.2 Å². The van der Waals surface area contributed by atoms with E-state index in [4.69, 9.17) is 8.83 Å². The highest BCUT2D eigenvalue weighted by molar-refractivity contribution is 5.78. The molecule has 0 saturated heterocycles. The molecular weight excluding hydrogens is 306 g/mol. The first-order valence-electron chi connectivity index (χ1n) is 7.89. The Labute approximate surface area is 139 Å². The van der Waals surface area contributed by atoms with Crippen LogP contribution in [0.15, 0.2) is 51.6 Å². The summed E-state index contributed by atoms with van der Waals surface area (Å²) in [6.45, 7) is 2.40. The molecule has 0 aliphatic carbocycles. The highest BCUT2D eigenvalue weighted by Crippen LogP contribution is 2.22. The summed E-state index contributed by atoms with van der Waals surface area (Å²) in [5.74, 6) is 1.51. The average molecular weight is 325 g/mol. The molecule has 0 aliphatic rings. The number of aromatic nitrogens is 2. The summed E-state index contributed by atoms with van der Waals surface area (Å²) >= 11 is 0. The van der Waals surface area contributed by atoms with Crippen molar-refractivity contribution in [2.45, 2.75) is 26.2 Å². The number of hydrogen-bond donors (Lipinski definition) is 1. The number of furan rings is 1. The topological polar surface area (TPSA) is 81.2 Å². The van der Waals surface area contributed by atoms with E-state index >= 15 is 0 Å². The maximum Gasteiger partial charge on any atom is 0.263 e. The van der Waals surface area contributed by atoms with Crippen molar-refractivity contribution in [3.05, 3.63) is 59.9 Å². The molecular formula is C18H19N3O3. The number of hydrogen-bond acceptors (Lipinski definition) is 5. The van der Waals surface area contributed by atoms with E-state index in [1.54, 1.807) is 31.5 Å². The second-order valence-corrected chi connectivity index (χ2v) is 5.45. The molecule has 0 radical (unpaired) electrons. The summed E-state index contributed by atoms with van der Waals surface area (Å²) in [6, 6.07) is 9.37. The minimum atomic E-state index is -0.0709. The molecule has 6 heteroatoms. The minimum absolute atomic E-state index is 0.0709. The molecule has 0 aliphatic heterocycles. The van der Waals surface area contributed by atoms with E-state index in [2.05, 4.69) is 15.3 Å². The normalized spacial score (nSPS) is 10.7. The second-order valence-electron chi connectivity index (χ2n) is 5.45. The monoisotopic (exact) mass is 325 g/mol. The largest absolute Gasteiger partial charge is 0.459 e. The number of nitrogens with one attached hydrogen (secondary N) is 1. The first-order chi connectivity index (χ1) is 11.7. The molecule has 3 aromatic rings. The second kappa shape index (κ2) is 7.59. The van der Waals surface area contributed by atoms with Gasteiger partial charge in [0.05, 0.1) is 18.4 Å². The third-order valence-electron chi connectivity index (χ3n) is 3.61. The number of pyridine rings is 1. The van der Waals surface area contributed by atoms with Gasteiger partial charge in [0, 0.05) is 18.4 Å². The fraction of sp³-hybridized carbons (Fsp3) is 0.278. The highest BCUT2D eigenvalue weighted by atomic mass is 16.4. The number of carbonyl (C=O) groups excluding carboxylic acids is 1. The van der Waals surface area contributed by atoms with Gasteiger partial charge in [-0.1, -0.05) is 6.07 Å². The van der Waals surface area contributed by atoms with Gasteiger partial charge >= 0.3 is 0 Å². The fourth-order valence-electron chi connectivity index (χ4n) is 2.36. The van der Waals surface area contributed by atoms with Crippen molar-refractivity contribution in [1.29, 1.82) is 0 Å². The highest BCUT2D eigenvalue weighted by Gasteiger charge is 2.15. The smallest absolute Gasteiger partial charge is 0.263 e. The van der Waals surface area contributed by atoms with Crippen LogP contribution in [0, 0.1) is 6.92 Å².